The van der Waals surface area contributed by atoms with Crippen LogP contribution in [-0.4, -0.2) is 61.9 Å². The van der Waals surface area contributed by atoms with E-state index < -0.39 is 0 Å². The Kier molecular flexibility index (Phi) is 51.4. The van der Waals surface area contributed by atoms with E-state index in [1.165, 1.54) is 46.7 Å². The Labute approximate surface area is 668 Å². The van der Waals surface area contributed by atoms with Crippen molar-refractivity contribution in [3.05, 3.63) is 315 Å². The van der Waals surface area contributed by atoms with Gasteiger partial charge in [0.2, 0.25) is 0 Å². The molecule has 17 heteroatoms. The molecule has 0 unspecified atom stereocenters. The normalized spacial score (nSPS) is 10.2. The van der Waals surface area contributed by atoms with Crippen LogP contribution in [-0.2, 0) is 0 Å². The highest BCUT2D eigenvalue weighted by molar-refractivity contribution is 6.30. The van der Waals surface area contributed by atoms with E-state index in [-0.39, 0.29) is 13.2 Å². The molecule has 11 aromatic heterocycles. The van der Waals surface area contributed by atoms with Gasteiger partial charge in [-0.05, 0) is 195 Å². The number of aryl methyl sites for hydroxylation is 4. The zero-order valence-electron chi connectivity index (χ0n) is 70.6. The standard InChI is InChI=1S/C9H13NO.4C9H13N.C8H10ClN.C8H10FN.C8H12N2.C8H11NO.C8H11N.C7H10N2.CH4/c1-7(2)9-5-4-8(11-3)6-10-9;1-7(2)9-5-4-8(3)10-6-9;1-7(2)9-5-4-8(3)6-10-9;2*1-7(2)9-6-4-5-8(3)10-9;2*1-6(2)8-4-3-7(9)5-10-8;1-6(2)7-4-3-5-8(9)10-7;1-7(2)8-5-3-4-6-9(8)10;1-7(2)8-5-3-4-6-9-8;1-6(2)7-5-8-3-4-9-7;/h4-7H,1-3H3;4*4-7H,1-3H3;2*3-6H,1-2H3;3-6H,1-2H3,(H2,9,10);3-7H,1-2H3;3-7H,1-2H3;3-6H,1-2H3;1H4. The molecule has 0 fully saturated rings. The molecule has 0 amide bonds. The van der Waals surface area contributed by atoms with Gasteiger partial charge in [-0.2, -0.15) is 4.73 Å². The van der Waals surface area contributed by atoms with Gasteiger partial charge in [0.15, 0.2) is 11.9 Å². The zero-order valence-corrected chi connectivity index (χ0v) is 71.3. The second-order valence-electron chi connectivity index (χ2n) is 29.4. The van der Waals surface area contributed by atoms with Gasteiger partial charge >= 0.3 is 0 Å². The lowest BCUT2D eigenvalue weighted by Crippen LogP contribution is -2.31. The molecule has 0 aliphatic rings. The second-order valence-corrected chi connectivity index (χ2v) is 29.8. The number of pyridine rings is 10. The Bertz CT molecular complexity index is 3730. The lowest BCUT2D eigenvalue weighted by Gasteiger charge is -2.04. The Morgan fingerprint density at radius 2 is 0.791 bits per heavy atom. The van der Waals surface area contributed by atoms with E-state index in [9.17, 15) is 9.60 Å². The Morgan fingerprint density at radius 3 is 1.10 bits per heavy atom. The van der Waals surface area contributed by atoms with Crippen molar-refractivity contribution in [3.63, 3.8) is 0 Å². The average molecular weight is 1520 g/mol. The second kappa shape index (κ2) is 56.4. The molecule has 0 spiro atoms. The Morgan fingerprint density at radius 1 is 0.355 bits per heavy atom. The summed E-state index contributed by atoms with van der Waals surface area (Å²) >= 11 is 5.65. The number of methoxy groups -OCH3 is 1. The maximum atomic E-state index is 12.3. The first kappa shape index (κ1) is 100. The molecular weight excluding hydrogens is 1390 g/mol. The molecule has 11 rings (SSSR count). The van der Waals surface area contributed by atoms with Gasteiger partial charge in [0.25, 0.3) is 0 Å². The van der Waals surface area contributed by atoms with Crippen LogP contribution < -0.4 is 15.2 Å². The minimum absolute atomic E-state index is 0. The van der Waals surface area contributed by atoms with Crippen LogP contribution in [0.3, 0.4) is 0 Å². The highest BCUT2D eigenvalue weighted by Gasteiger charge is 2.08. The highest BCUT2D eigenvalue weighted by Crippen LogP contribution is 2.19. The lowest BCUT2D eigenvalue weighted by atomic mass is 10.1. The minimum atomic E-state index is -0.274. The zero-order chi connectivity index (χ0) is 82.1. The number of rotatable bonds is 12. The van der Waals surface area contributed by atoms with Crippen molar-refractivity contribution in [1.29, 1.82) is 0 Å². The topological polar surface area (TPSA) is 204 Å². The molecule has 0 radical (unpaired) electrons. The van der Waals surface area contributed by atoms with Crippen molar-refractivity contribution in [2.75, 3.05) is 12.8 Å². The Hall–Kier alpha value is -9.80. The molecule has 0 atom stereocenters. The average Bonchev–Trinajstić information content (AvgIpc) is 0.879. The number of hydrogen-bond donors (Lipinski definition) is 1. The van der Waals surface area contributed by atoms with Gasteiger partial charge < -0.3 is 15.7 Å². The summed E-state index contributed by atoms with van der Waals surface area (Å²) in [5.74, 6) is 6.50. The molecule has 0 saturated heterocycles. The maximum absolute atomic E-state index is 12.3. The van der Waals surface area contributed by atoms with Crippen molar-refractivity contribution in [1.82, 2.24) is 54.8 Å². The molecule has 0 aliphatic carbocycles. The number of nitrogens with two attached hydrogens (primary N) is 1. The van der Waals surface area contributed by atoms with E-state index in [1.54, 1.807) is 56.3 Å². The number of aromatic nitrogens is 12. The van der Waals surface area contributed by atoms with Crippen LogP contribution in [0.1, 0.15) is 310 Å². The summed E-state index contributed by atoms with van der Waals surface area (Å²) in [5.41, 5.74) is 22.1. The highest BCUT2D eigenvalue weighted by atomic mass is 35.5. The van der Waals surface area contributed by atoms with Gasteiger partial charge in [-0.1, -0.05) is 214 Å². The Balaban J connectivity index is 0.00000119. The summed E-state index contributed by atoms with van der Waals surface area (Å²) in [6.45, 7) is 54.6. The van der Waals surface area contributed by atoms with E-state index in [4.69, 9.17) is 22.1 Å². The van der Waals surface area contributed by atoms with Crippen LogP contribution in [0.4, 0.5) is 10.2 Å². The van der Waals surface area contributed by atoms with Crippen LogP contribution in [0.5, 0.6) is 5.75 Å². The monoisotopic (exact) mass is 1520 g/mol. The number of hydrogen-bond acceptors (Lipinski definition) is 14. The van der Waals surface area contributed by atoms with Crippen molar-refractivity contribution in [2.45, 2.75) is 253 Å². The van der Waals surface area contributed by atoms with Crippen molar-refractivity contribution < 1.29 is 13.9 Å². The van der Waals surface area contributed by atoms with E-state index >= 15 is 0 Å². The molecule has 0 aliphatic heterocycles. The fourth-order valence-electron chi connectivity index (χ4n) is 8.73. The third-order valence-corrected chi connectivity index (χ3v) is 15.9. The molecule has 596 valence electrons. The molecule has 15 nitrogen and oxygen atoms in total. The SMILES string of the molecule is C.CC(C)c1ccc(Cl)cn1.CC(C)c1ccc(F)cn1.CC(C)c1cccc(N)n1.CC(C)c1cccc[n+]1[O-].CC(C)c1ccccn1.CC(C)c1cnccn1.COc1ccc(C(C)C)nc1.Cc1ccc(C(C)C)cn1.Cc1ccc(C(C)C)nc1.Cc1cccc(C(C)C)n1.Cc1cccc(C(C)C)n1. The summed E-state index contributed by atoms with van der Waals surface area (Å²) in [5, 5.41) is 11.7. The lowest BCUT2D eigenvalue weighted by molar-refractivity contribution is -0.615. The van der Waals surface area contributed by atoms with Crippen LogP contribution in [0.25, 0.3) is 0 Å². The molecular formula is C93H133ClFN13O2. The van der Waals surface area contributed by atoms with E-state index in [0.717, 1.165) is 67.4 Å². The first-order valence-corrected chi connectivity index (χ1v) is 38.4. The first-order valence-electron chi connectivity index (χ1n) is 38.0. The number of halogens is 2. The van der Waals surface area contributed by atoms with Gasteiger partial charge in [0, 0.05) is 124 Å². The quantitative estimate of drug-likeness (QED) is 0.0893. The summed E-state index contributed by atoms with van der Waals surface area (Å²) in [6.07, 6.45) is 17.1. The fraction of sp³-hybridized carbons (Fsp3) is 0.419. The summed E-state index contributed by atoms with van der Waals surface area (Å²) in [4.78, 5) is 45.9. The van der Waals surface area contributed by atoms with E-state index in [0.29, 0.717) is 75.9 Å². The number of anilines is 1. The molecule has 0 saturated carbocycles. The summed E-state index contributed by atoms with van der Waals surface area (Å²) < 4.78 is 18.2. The van der Waals surface area contributed by atoms with Crippen molar-refractivity contribution in [2.24, 2.45) is 0 Å². The smallest absolute Gasteiger partial charge is 0.195 e. The van der Waals surface area contributed by atoms with Crippen LogP contribution >= 0.6 is 11.6 Å². The maximum Gasteiger partial charge on any atom is 0.195 e. The molecule has 110 heavy (non-hydrogen) atoms. The summed E-state index contributed by atoms with van der Waals surface area (Å²) in [7, 11) is 1.64. The van der Waals surface area contributed by atoms with Crippen LogP contribution in [0.2, 0.25) is 5.02 Å². The third-order valence-electron chi connectivity index (χ3n) is 15.7. The minimum Gasteiger partial charge on any atom is -0.618 e. The van der Waals surface area contributed by atoms with Gasteiger partial charge in [0.1, 0.15) is 17.4 Å². The molecule has 0 aromatic carbocycles. The number of nitrogens with zero attached hydrogens (tertiary/aromatic N) is 12. The first-order chi connectivity index (χ1) is 51.4. The van der Waals surface area contributed by atoms with Gasteiger partial charge in [-0.15, -0.1) is 0 Å². The number of ether oxygens (including phenoxy) is 1. The van der Waals surface area contributed by atoms with Gasteiger partial charge in [-0.25, -0.2) is 9.37 Å². The fourth-order valence-corrected chi connectivity index (χ4v) is 8.84. The largest absolute Gasteiger partial charge is 0.618 e. The molecule has 11 heterocycles. The molecule has 11 aromatic rings. The predicted octanol–water partition coefficient (Wildman–Crippen LogP) is 25.1. The van der Waals surface area contributed by atoms with Crippen LogP contribution in [0.15, 0.2) is 214 Å². The third kappa shape index (κ3) is 45.2. The van der Waals surface area contributed by atoms with Crippen molar-refractivity contribution in [3.8, 4) is 5.75 Å². The summed E-state index contributed by atoms with van der Waals surface area (Å²) in [6, 6.07) is 48.7. The number of nitrogen functional groups attached to an aromatic ring is 1. The van der Waals surface area contributed by atoms with Crippen molar-refractivity contribution >= 4 is 17.4 Å². The van der Waals surface area contributed by atoms with E-state index in [1.807, 2.05) is 146 Å². The molecule has 2 N–H and O–H groups in total. The van der Waals surface area contributed by atoms with Gasteiger partial charge in [0.05, 0.1) is 30.2 Å². The molecule has 0 bridgehead atoms. The van der Waals surface area contributed by atoms with E-state index in [2.05, 4.69) is 235 Å². The predicted molar refractivity (Wildman–Crippen MR) is 462 cm³/mol. The van der Waals surface area contributed by atoms with Gasteiger partial charge in [-0.3, -0.25) is 49.8 Å². The van der Waals surface area contributed by atoms with Crippen LogP contribution in [0, 0.1) is 38.7 Å².